The zero-order valence-electron chi connectivity index (χ0n) is 15.0. The van der Waals surface area contributed by atoms with E-state index in [1.807, 2.05) is 32.6 Å². The number of carbonyl (C=O) groups excluding carboxylic acids is 1. The first-order chi connectivity index (χ1) is 11.4. The minimum Gasteiger partial charge on any atom is -0.444 e. The highest BCUT2D eigenvalue weighted by Gasteiger charge is 2.31. The molecule has 0 unspecified atom stereocenters. The normalized spacial score (nSPS) is 19.0. The Bertz CT molecular complexity index is 763. The predicted molar refractivity (Wildman–Crippen MR) is 94.8 cm³/mol. The van der Waals surface area contributed by atoms with E-state index in [4.69, 9.17) is 16.3 Å². The van der Waals surface area contributed by atoms with Gasteiger partial charge >= 0.3 is 6.09 Å². The molecule has 2 heterocycles. The van der Waals surface area contributed by atoms with Crippen molar-refractivity contribution in [3.05, 3.63) is 11.2 Å². The number of ether oxygens (including phenoxy) is 1. The van der Waals surface area contributed by atoms with Gasteiger partial charge in [0.25, 0.3) is 0 Å². The third kappa shape index (κ3) is 4.94. The fraction of sp³-hybridized carbons (Fsp3) is 0.667. The minimum absolute atomic E-state index is 0.00806. The van der Waals surface area contributed by atoms with Crippen molar-refractivity contribution in [1.29, 1.82) is 0 Å². The Morgan fingerprint density at radius 2 is 2.00 bits per heavy atom. The van der Waals surface area contributed by atoms with E-state index >= 15 is 0 Å². The van der Waals surface area contributed by atoms with E-state index in [2.05, 4.69) is 9.97 Å². The molecule has 1 fully saturated rings. The second kappa shape index (κ2) is 6.95. The van der Waals surface area contributed by atoms with Crippen LogP contribution in [0.4, 0.5) is 10.7 Å². The van der Waals surface area contributed by atoms with Crippen LogP contribution in [0.5, 0.6) is 0 Å². The number of amides is 1. The van der Waals surface area contributed by atoms with Crippen molar-refractivity contribution in [3.63, 3.8) is 0 Å². The Morgan fingerprint density at radius 3 is 2.52 bits per heavy atom. The number of sulfone groups is 1. The number of hydrogen-bond acceptors (Lipinski definition) is 7. The summed E-state index contributed by atoms with van der Waals surface area (Å²) in [6, 6.07) is -0.102. The van der Waals surface area contributed by atoms with Crippen LogP contribution >= 0.6 is 11.6 Å². The van der Waals surface area contributed by atoms with Gasteiger partial charge in [-0.2, -0.15) is 4.98 Å². The van der Waals surface area contributed by atoms with Gasteiger partial charge in [0, 0.05) is 31.9 Å². The predicted octanol–water partition coefficient (Wildman–Crippen LogP) is 1.98. The molecule has 10 heteroatoms. The van der Waals surface area contributed by atoms with Crippen molar-refractivity contribution < 1.29 is 17.9 Å². The van der Waals surface area contributed by atoms with E-state index in [9.17, 15) is 13.2 Å². The molecule has 1 atom stereocenters. The highest BCUT2D eigenvalue weighted by Crippen LogP contribution is 2.23. The number of halogens is 1. The molecule has 0 saturated carbocycles. The monoisotopic (exact) mass is 390 g/mol. The van der Waals surface area contributed by atoms with Gasteiger partial charge < -0.3 is 14.5 Å². The SMILES string of the molecule is C[C@H]1CN(C(=O)OC(C)(C)C)CCN1c1ncc(Cl)c(S(C)(=O)=O)n1. The van der Waals surface area contributed by atoms with Gasteiger partial charge in [-0.15, -0.1) is 0 Å². The summed E-state index contributed by atoms with van der Waals surface area (Å²) in [5.74, 6) is 0.279. The van der Waals surface area contributed by atoms with Gasteiger partial charge in [-0.25, -0.2) is 18.2 Å². The van der Waals surface area contributed by atoms with Gasteiger partial charge in [0.1, 0.15) is 5.60 Å². The Labute approximate surface area is 153 Å². The van der Waals surface area contributed by atoms with E-state index in [1.54, 1.807) is 4.90 Å². The summed E-state index contributed by atoms with van der Waals surface area (Å²) < 4.78 is 29.0. The molecule has 8 nitrogen and oxygen atoms in total. The number of aromatic nitrogens is 2. The van der Waals surface area contributed by atoms with Gasteiger partial charge in [-0.05, 0) is 27.7 Å². The van der Waals surface area contributed by atoms with Crippen LogP contribution in [0.15, 0.2) is 11.2 Å². The largest absolute Gasteiger partial charge is 0.444 e. The minimum atomic E-state index is -3.55. The molecule has 1 aromatic rings. The van der Waals surface area contributed by atoms with Crippen molar-refractivity contribution in [2.45, 2.75) is 44.4 Å². The summed E-state index contributed by atoms with van der Waals surface area (Å²) in [5, 5.41) is -0.202. The van der Waals surface area contributed by atoms with Crippen LogP contribution in [-0.4, -0.2) is 66.9 Å². The van der Waals surface area contributed by atoms with Crippen LogP contribution in [0.3, 0.4) is 0 Å². The third-order valence-corrected chi connectivity index (χ3v) is 4.99. The van der Waals surface area contributed by atoms with Crippen LogP contribution < -0.4 is 4.90 Å². The molecule has 1 aromatic heterocycles. The van der Waals surface area contributed by atoms with Crippen LogP contribution in [0.2, 0.25) is 5.02 Å². The lowest BCUT2D eigenvalue weighted by Crippen LogP contribution is -2.55. The van der Waals surface area contributed by atoms with Gasteiger partial charge in [0.2, 0.25) is 5.95 Å². The number of piperazine rings is 1. The number of rotatable bonds is 2. The highest BCUT2D eigenvalue weighted by molar-refractivity contribution is 7.90. The summed E-state index contributed by atoms with van der Waals surface area (Å²) >= 11 is 5.89. The number of hydrogen-bond donors (Lipinski definition) is 0. The molecule has 1 amide bonds. The third-order valence-electron chi connectivity index (χ3n) is 3.59. The lowest BCUT2D eigenvalue weighted by atomic mass is 10.2. The van der Waals surface area contributed by atoms with Crippen molar-refractivity contribution in [3.8, 4) is 0 Å². The van der Waals surface area contributed by atoms with Crippen molar-refractivity contribution in [1.82, 2.24) is 14.9 Å². The van der Waals surface area contributed by atoms with E-state index < -0.39 is 15.4 Å². The first kappa shape index (κ1) is 19.7. The fourth-order valence-electron chi connectivity index (χ4n) is 2.49. The average Bonchev–Trinajstić information content (AvgIpc) is 2.45. The van der Waals surface area contributed by atoms with Gasteiger partial charge in [-0.3, -0.25) is 0 Å². The number of anilines is 1. The van der Waals surface area contributed by atoms with Gasteiger partial charge in [-0.1, -0.05) is 11.6 Å². The van der Waals surface area contributed by atoms with Crippen LogP contribution in [0, 0.1) is 0 Å². The molecule has 2 rings (SSSR count). The van der Waals surface area contributed by atoms with Gasteiger partial charge in [0.15, 0.2) is 14.9 Å². The maximum atomic E-state index is 12.2. The zero-order chi connectivity index (χ0) is 19.0. The molecule has 0 bridgehead atoms. The number of nitrogens with zero attached hydrogens (tertiary/aromatic N) is 4. The standard InChI is InChI=1S/C15H23ClN4O4S/c1-10-9-19(14(21)24-15(2,3)4)6-7-20(10)13-17-8-11(16)12(18-13)25(5,22)23/h8,10H,6-7,9H2,1-5H3/t10-/m0/s1. The topological polar surface area (TPSA) is 92.7 Å². The fourth-order valence-corrected chi connectivity index (χ4v) is 3.65. The molecule has 0 spiro atoms. The summed E-state index contributed by atoms with van der Waals surface area (Å²) in [4.78, 5) is 23.9. The van der Waals surface area contributed by atoms with Crippen LogP contribution in [0.25, 0.3) is 0 Å². The average molecular weight is 391 g/mol. The molecule has 0 radical (unpaired) electrons. The second-order valence-corrected chi connectivity index (χ2v) is 9.40. The molecule has 1 saturated heterocycles. The molecule has 0 N–H and O–H groups in total. The quantitative estimate of drug-likeness (QED) is 0.712. The molecular formula is C15H23ClN4O4S. The van der Waals surface area contributed by atoms with Crippen molar-refractivity contribution in [2.24, 2.45) is 0 Å². The van der Waals surface area contributed by atoms with Crippen LogP contribution in [0.1, 0.15) is 27.7 Å². The maximum Gasteiger partial charge on any atom is 0.410 e. The first-order valence-electron chi connectivity index (χ1n) is 7.85. The molecule has 1 aliphatic rings. The van der Waals surface area contributed by atoms with E-state index in [1.165, 1.54) is 6.20 Å². The van der Waals surface area contributed by atoms with Crippen molar-refractivity contribution in [2.75, 3.05) is 30.8 Å². The molecule has 25 heavy (non-hydrogen) atoms. The Balaban J connectivity index is 2.16. The lowest BCUT2D eigenvalue weighted by Gasteiger charge is -2.40. The van der Waals surface area contributed by atoms with E-state index in [0.29, 0.717) is 19.6 Å². The Morgan fingerprint density at radius 1 is 1.36 bits per heavy atom. The smallest absolute Gasteiger partial charge is 0.410 e. The summed E-state index contributed by atoms with van der Waals surface area (Å²) in [5.41, 5.74) is -0.554. The summed E-state index contributed by atoms with van der Waals surface area (Å²) in [6.07, 6.45) is 1.97. The maximum absolute atomic E-state index is 12.2. The van der Waals surface area contributed by atoms with E-state index in [-0.39, 0.29) is 28.1 Å². The lowest BCUT2D eigenvalue weighted by molar-refractivity contribution is 0.0218. The molecular weight excluding hydrogens is 368 g/mol. The molecule has 140 valence electrons. The van der Waals surface area contributed by atoms with Crippen LogP contribution in [-0.2, 0) is 14.6 Å². The molecule has 0 aromatic carbocycles. The van der Waals surface area contributed by atoms with E-state index in [0.717, 1.165) is 6.26 Å². The first-order valence-corrected chi connectivity index (χ1v) is 10.1. The van der Waals surface area contributed by atoms with Gasteiger partial charge in [0.05, 0.1) is 11.2 Å². The molecule has 0 aliphatic carbocycles. The Kier molecular flexibility index (Phi) is 5.48. The Hall–Kier alpha value is -1.61. The second-order valence-electron chi connectivity index (χ2n) is 7.06. The summed E-state index contributed by atoms with van der Waals surface area (Å²) in [7, 11) is -3.55. The zero-order valence-corrected chi connectivity index (χ0v) is 16.6. The summed E-state index contributed by atoms with van der Waals surface area (Å²) in [6.45, 7) is 8.69. The van der Waals surface area contributed by atoms with Crippen molar-refractivity contribution >= 4 is 33.5 Å². The molecule has 1 aliphatic heterocycles. The number of carbonyl (C=O) groups is 1. The highest BCUT2D eigenvalue weighted by atomic mass is 35.5.